The van der Waals surface area contributed by atoms with E-state index in [0.717, 1.165) is 0 Å². The maximum atomic E-state index is 12.5. The zero-order valence-electron chi connectivity index (χ0n) is 18.1. The van der Waals surface area contributed by atoms with Crippen LogP contribution in [0.1, 0.15) is 33.6 Å². The van der Waals surface area contributed by atoms with E-state index in [-0.39, 0.29) is 31.4 Å². The third-order valence-electron chi connectivity index (χ3n) is 4.45. The fraction of sp³-hybridized carbons (Fsp3) is 0.571. The van der Waals surface area contributed by atoms with Gasteiger partial charge in [-0.3, -0.25) is 9.59 Å². The molecule has 1 aliphatic rings. The van der Waals surface area contributed by atoms with Crippen molar-refractivity contribution in [2.24, 2.45) is 0 Å². The molecule has 0 atom stereocenters. The van der Waals surface area contributed by atoms with Gasteiger partial charge in [-0.2, -0.15) is 0 Å². The number of alkyl carbamates (subject to hydrolysis) is 1. The van der Waals surface area contributed by atoms with Crippen LogP contribution < -0.4 is 10.1 Å². The van der Waals surface area contributed by atoms with Crippen LogP contribution in [-0.4, -0.2) is 72.6 Å². The van der Waals surface area contributed by atoms with Crippen molar-refractivity contribution in [3.63, 3.8) is 0 Å². The molecule has 0 aromatic heterocycles. The molecule has 1 aliphatic heterocycles. The summed E-state index contributed by atoms with van der Waals surface area (Å²) in [6.07, 6.45) is 0.290. The van der Waals surface area contributed by atoms with Gasteiger partial charge in [-0.25, -0.2) is 4.79 Å². The smallest absolute Gasteiger partial charge is 0.407 e. The summed E-state index contributed by atoms with van der Waals surface area (Å²) in [6, 6.07) is 4.81. The largest absolute Gasteiger partial charge is 0.482 e. The van der Waals surface area contributed by atoms with Gasteiger partial charge in [0.15, 0.2) is 6.61 Å². The number of nitrogens with zero attached hydrogens (tertiary/aromatic N) is 2. The standard InChI is InChI=1S/C21H29Cl2N3O5/c1-21(2,3)31-20(29)24-8-7-18(27)25-9-4-10-26(12-11-25)19(28)14-30-17-6-5-15(22)13-16(17)23/h5-6,13H,4,7-12,14H2,1-3H3,(H,24,29). The van der Waals surface area contributed by atoms with Gasteiger partial charge < -0.3 is 24.6 Å². The molecule has 0 saturated carbocycles. The third-order valence-corrected chi connectivity index (χ3v) is 4.98. The highest BCUT2D eigenvalue weighted by molar-refractivity contribution is 6.35. The van der Waals surface area contributed by atoms with Gasteiger partial charge in [0, 0.05) is 44.2 Å². The molecule has 3 amide bonds. The van der Waals surface area contributed by atoms with Gasteiger partial charge in [-0.15, -0.1) is 0 Å². The van der Waals surface area contributed by atoms with Gasteiger partial charge in [0.2, 0.25) is 5.91 Å². The predicted molar refractivity (Wildman–Crippen MR) is 119 cm³/mol. The molecule has 0 spiro atoms. The van der Waals surface area contributed by atoms with Crippen LogP contribution in [0.25, 0.3) is 0 Å². The van der Waals surface area contributed by atoms with Crippen molar-refractivity contribution < 1.29 is 23.9 Å². The molecule has 1 fully saturated rings. The molecule has 8 nitrogen and oxygen atoms in total. The van der Waals surface area contributed by atoms with Crippen molar-refractivity contribution in [1.82, 2.24) is 15.1 Å². The Balaban J connectivity index is 1.74. The van der Waals surface area contributed by atoms with Crippen molar-refractivity contribution in [1.29, 1.82) is 0 Å². The average molecular weight is 474 g/mol. The molecule has 1 aromatic carbocycles. The van der Waals surface area contributed by atoms with Gasteiger partial charge >= 0.3 is 6.09 Å². The molecule has 172 valence electrons. The van der Waals surface area contributed by atoms with Gasteiger partial charge in [0.25, 0.3) is 5.91 Å². The minimum atomic E-state index is -0.586. The molecule has 0 bridgehead atoms. The Kier molecular flexibility index (Phi) is 9.25. The van der Waals surface area contributed by atoms with E-state index >= 15 is 0 Å². The van der Waals surface area contributed by atoms with Crippen molar-refractivity contribution in [2.75, 3.05) is 39.3 Å². The number of ether oxygens (including phenoxy) is 2. The molecule has 0 unspecified atom stereocenters. The molecule has 1 N–H and O–H groups in total. The second-order valence-electron chi connectivity index (χ2n) is 8.16. The van der Waals surface area contributed by atoms with Gasteiger partial charge in [0.05, 0.1) is 5.02 Å². The summed E-state index contributed by atoms with van der Waals surface area (Å²) in [5.74, 6) is 0.144. The first-order chi connectivity index (χ1) is 14.5. The molecule has 0 radical (unpaired) electrons. The highest BCUT2D eigenvalue weighted by Gasteiger charge is 2.23. The molecule has 1 saturated heterocycles. The van der Waals surface area contributed by atoms with E-state index in [1.807, 2.05) is 0 Å². The Morgan fingerprint density at radius 1 is 1.03 bits per heavy atom. The van der Waals surface area contributed by atoms with E-state index in [9.17, 15) is 14.4 Å². The predicted octanol–water partition coefficient (Wildman–Crippen LogP) is 3.35. The molecular weight excluding hydrogens is 445 g/mol. The highest BCUT2D eigenvalue weighted by atomic mass is 35.5. The van der Waals surface area contributed by atoms with Crippen LogP contribution in [0.15, 0.2) is 18.2 Å². The number of hydrogen-bond acceptors (Lipinski definition) is 5. The van der Waals surface area contributed by atoms with Crippen molar-refractivity contribution in [3.8, 4) is 5.75 Å². The molecule has 2 rings (SSSR count). The Labute approximate surface area is 192 Å². The van der Waals surface area contributed by atoms with Crippen molar-refractivity contribution in [3.05, 3.63) is 28.2 Å². The Hall–Kier alpha value is -2.19. The van der Waals surface area contributed by atoms with Crippen LogP contribution in [-0.2, 0) is 14.3 Å². The van der Waals surface area contributed by atoms with Crippen LogP contribution in [0.3, 0.4) is 0 Å². The average Bonchev–Trinajstić information content (AvgIpc) is 2.92. The SMILES string of the molecule is CC(C)(C)OC(=O)NCCC(=O)N1CCCN(C(=O)COc2ccc(Cl)cc2Cl)CC1. The number of carbonyl (C=O) groups is 3. The summed E-state index contributed by atoms with van der Waals surface area (Å²) in [6.45, 7) is 7.32. The van der Waals surface area contributed by atoms with Crippen LogP contribution in [0.5, 0.6) is 5.75 Å². The first-order valence-corrected chi connectivity index (χ1v) is 10.9. The molecule has 1 aromatic rings. The van der Waals surface area contributed by atoms with Gasteiger partial charge in [0.1, 0.15) is 11.4 Å². The molecular formula is C21H29Cl2N3O5. The van der Waals surface area contributed by atoms with E-state index in [2.05, 4.69) is 5.32 Å². The first-order valence-electron chi connectivity index (χ1n) is 10.2. The minimum Gasteiger partial charge on any atom is -0.482 e. The second kappa shape index (κ2) is 11.4. The maximum absolute atomic E-state index is 12.5. The fourth-order valence-electron chi connectivity index (χ4n) is 2.98. The lowest BCUT2D eigenvalue weighted by atomic mass is 10.2. The van der Waals surface area contributed by atoms with Crippen LogP contribution in [0.2, 0.25) is 10.0 Å². The number of halogens is 2. The number of nitrogens with one attached hydrogen (secondary N) is 1. The lowest BCUT2D eigenvalue weighted by Gasteiger charge is -2.23. The Morgan fingerprint density at radius 2 is 1.68 bits per heavy atom. The maximum Gasteiger partial charge on any atom is 0.407 e. The summed E-state index contributed by atoms with van der Waals surface area (Å²) in [7, 11) is 0. The summed E-state index contributed by atoms with van der Waals surface area (Å²) in [5, 5.41) is 3.41. The van der Waals surface area contributed by atoms with Crippen molar-refractivity contribution >= 4 is 41.1 Å². The zero-order valence-corrected chi connectivity index (χ0v) is 19.6. The van der Waals surface area contributed by atoms with Crippen LogP contribution in [0, 0.1) is 0 Å². The second-order valence-corrected chi connectivity index (χ2v) is 9.00. The quantitative estimate of drug-likeness (QED) is 0.684. The van der Waals surface area contributed by atoms with E-state index in [1.54, 1.807) is 48.8 Å². The lowest BCUT2D eigenvalue weighted by molar-refractivity contribution is -0.134. The summed E-state index contributed by atoms with van der Waals surface area (Å²) >= 11 is 11.9. The monoisotopic (exact) mass is 473 g/mol. The Bertz CT molecular complexity index is 798. The van der Waals surface area contributed by atoms with Crippen LogP contribution in [0.4, 0.5) is 4.79 Å². The van der Waals surface area contributed by atoms with Crippen molar-refractivity contribution in [2.45, 2.75) is 39.2 Å². The molecule has 0 aliphatic carbocycles. The van der Waals surface area contributed by atoms with Gasteiger partial charge in [-0.05, 0) is 45.4 Å². The number of amides is 3. The molecule has 10 heteroatoms. The number of hydrogen-bond donors (Lipinski definition) is 1. The topological polar surface area (TPSA) is 88.2 Å². The third kappa shape index (κ3) is 8.83. The van der Waals surface area contributed by atoms with Gasteiger partial charge in [-0.1, -0.05) is 23.2 Å². The van der Waals surface area contributed by atoms with E-state index in [0.29, 0.717) is 48.4 Å². The zero-order chi connectivity index (χ0) is 23.0. The molecule has 1 heterocycles. The number of carbonyl (C=O) groups excluding carboxylic acids is 3. The Morgan fingerprint density at radius 3 is 2.29 bits per heavy atom. The lowest BCUT2D eigenvalue weighted by Crippen LogP contribution is -2.40. The van der Waals surface area contributed by atoms with E-state index in [4.69, 9.17) is 32.7 Å². The minimum absolute atomic E-state index is 0.0745. The first kappa shape index (κ1) is 25.1. The summed E-state index contributed by atoms with van der Waals surface area (Å²) < 4.78 is 10.7. The number of benzene rings is 1. The number of rotatable bonds is 6. The van der Waals surface area contributed by atoms with E-state index in [1.165, 1.54) is 0 Å². The fourth-order valence-corrected chi connectivity index (χ4v) is 3.45. The summed E-state index contributed by atoms with van der Waals surface area (Å²) in [4.78, 5) is 40.0. The van der Waals surface area contributed by atoms with Crippen LogP contribution >= 0.6 is 23.2 Å². The normalized spacial score (nSPS) is 14.6. The molecule has 31 heavy (non-hydrogen) atoms. The highest BCUT2D eigenvalue weighted by Crippen LogP contribution is 2.27. The summed E-state index contributed by atoms with van der Waals surface area (Å²) in [5.41, 5.74) is -0.586. The van der Waals surface area contributed by atoms with E-state index < -0.39 is 11.7 Å².